The van der Waals surface area contributed by atoms with Crippen LogP contribution in [-0.2, 0) is 14.4 Å². The predicted octanol–water partition coefficient (Wildman–Crippen LogP) is 9.69. The molecule has 0 atom stereocenters. The second-order valence-electron chi connectivity index (χ2n) is 12.3. The van der Waals surface area contributed by atoms with Crippen LogP contribution in [0.15, 0.2) is 12.2 Å². The molecular formula is C38H76O9. The molecule has 0 fully saturated rings. The summed E-state index contributed by atoms with van der Waals surface area (Å²) in [5, 5.41) is 48.4. The van der Waals surface area contributed by atoms with Gasteiger partial charge >= 0.3 is 11.9 Å². The van der Waals surface area contributed by atoms with Gasteiger partial charge in [0.1, 0.15) is 6.10 Å². The Morgan fingerprint density at radius 2 is 0.702 bits per heavy atom. The number of hydrogen-bond acceptors (Lipinski definition) is 6. The monoisotopic (exact) mass is 677 g/mol. The van der Waals surface area contributed by atoms with Crippen LogP contribution in [0.25, 0.3) is 0 Å². The van der Waals surface area contributed by atoms with E-state index >= 15 is 0 Å². The fourth-order valence-electron chi connectivity index (χ4n) is 4.52. The van der Waals surface area contributed by atoms with Gasteiger partial charge in [-0.25, -0.2) is 0 Å². The molecule has 0 saturated carbocycles. The third-order valence-corrected chi connectivity index (χ3v) is 7.32. The van der Waals surface area contributed by atoms with E-state index in [9.17, 15) is 9.59 Å². The molecule has 0 amide bonds. The normalized spacial score (nSPS) is 10.4. The number of rotatable bonds is 30. The summed E-state index contributed by atoms with van der Waals surface area (Å²) in [6.07, 6.45) is 36.1. The quantitative estimate of drug-likeness (QED) is 0.0320. The number of aliphatic hydroxyl groups excluding tert-OH is 3. The van der Waals surface area contributed by atoms with Crippen molar-refractivity contribution >= 4 is 17.9 Å². The predicted molar refractivity (Wildman–Crippen MR) is 194 cm³/mol. The van der Waals surface area contributed by atoms with Gasteiger partial charge in [-0.15, -0.1) is 0 Å². The molecule has 0 saturated heterocycles. The van der Waals surface area contributed by atoms with E-state index in [2.05, 4.69) is 26.0 Å². The molecule has 0 bridgehead atoms. The van der Waals surface area contributed by atoms with Crippen LogP contribution in [-0.4, -0.2) is 67.9 Å². The number of allylic oxidation sites excluding steroid dienone is 2. The van der Waals surface area contributed by atoms with Crippen molar-refractivity contribution in [1.82, 2.24) is 0 Å². The number of aliphatic carboxylic acids is 3. The van der Waals surface area contributed by atoms with Gasteiger partial charge in [-0.1, -0.05) is 148 Å². The lowest BCUT2D eigenvalue weighted by Gasteiger charge is -2.02. The van der Waals surface area contributed by atoms with Gasteiger partial charge in [0.2, 0.25) is 0 Å². The van der Waals surface area contributed by atoms with Gasteiger partial charge in [0.05, 0.1) is 13.2 Å². The Morgan fingerprint density at radius 1 is 0.468 bits per heavy atom. The Labute approximate surface area is 288 Å². The minimum Gasteiger partial charge on any atom is -0.481 e. The first-order valence-electron chi connectivity index (χ1n) is 18.8. The highest BCUT2D eigenvalue weighted by molar-refractivity contribution is 5.66. The molecule has 0 unspecified atom stereocenters. The van der Waals surface area contributed by atoms with Crippen LogP contribution >= 0.6 is 0 Å². The lowest BCUT2D eigenvalue weighted by molar-refractivity contribution is -0.138. The zero-order chi connectivity index (χ0) is 36.2. The number of unbranched alkanes of at least 4 members (excludes halogenated alkanes) is 22. The molecular weight excluding hydrogens is 600 g/mol. The van der Waals surface area contributed by atoms with Crippen molar-refractivity contribution in [3.05, 3.63) is 12.2 Å². The smallest absolute Gasteiger partial charge is 0.303 e. The third kappa shape index (κ3) is 71.3. The van der Waals surface area contributed by atoms with Crippen molar-refractivity contribution in [2.24, 2.45) is 0 Å². The fraction of sp³-hybridized carbons (Fsp3) is 0.868. The molecule has 0 aromatic rings. The average molecular weight is 677 g/mol. The first-order chi connectivity index (χ1) is 22.6. The van der Waals surface area contributed by atoms with Gasteiger partial charge in [-0.2, -0.15) is 0 Å². The number of aliphatic hydroxyl groups is 3. The van der Waals surface area contributed by atoms with E-state index < -0.39 is 24.0 Å². The van der Waals surface area contributed by atoms with E-state index in [4.69, 9.17) is 35.4 Å². The lowest BCUT2D eigenvalue weighted by Crippen LogP contribution is -2.15. The maximum Gasteiger partial charge on any atom is 0.303 e. The van der Waals surface area contributed by atoms with Crippen molar-refractivity contribution in [3.8, 4) is 0 Å². The average Bonchev–Trinajstić information content (AvgIpc) is 3.03. The summed E-state index contributed by atoms with van der Waals surface area (Å²) in [4.78, 5) is 29.6. The molecule has 9 nitrogen and oxygen atoms in total. The van der Waals surface area contributed by atoms with Crippen molar-refractivity contribution in [2.75, 3.05) is 13.2 Å². The summed E-state index contributed by atoms with van der Waals surface area (Å²) >= 11 is 0. The molecule has 282 valence electrons. The topological polar surface area (TPSA) is 173 Å². The van der Waals surface area contributed by atoms with Crippen LogP contribution in [0, 0.1) is 0 Å². The van der Waals surface area contributed by atoms with Crippen molar-refractivity contribution in [2.45, 2.75) is 200 Å². The first-order valence-corrected chi connectivity index (χ1v) is 18.8. The summed E-state index contributed by atoms with van der Waals surface area (Å²) in [5.74, 6) is -2.15. The number of carboxylic acids is 3. The van der Waals surface area contributed by atoms with Gasteiger partial charge in [0, 0.05) is 19.8 Å². The van der Waals surface area contributed by atoms with Gasteiger partial charge in [-0.3, -0.25) is 14.4 Å². The molecule has 9 heteroatoms. The maximum atomic E-state index is 10.3. The number of carboxylic acid groups (broad SMARTS) is 3. The molecule has 0 aliphatic heterocycles. The van der Waals surface area contributed by atoms with Crippen LogP contribution < -0.4 is 0 Å². The van der Waals surface area contributed by atoms with Crippen LogP contribution in [0.5, 0.6) is 0 Å². The van der Waals surface area contributed by atoms with Gasteiger partial charge in [-0.05, 0) is 38.5 Å². The maximum absolute atomic E-state index is 10.3. The van der Waals surface area contributed by atoms with Gasteiger partial charge in [0.15, 0.2) is 0 Å². The largest absolute Gasteiger partial charge is 0.481 e. The third-order valence-electron chi connectivity index (χ3n) is 7.32. The zero-order valence-electron chi connectivity index (χ0n) is 30.6. The fourth-order valence-corrected chi connectivity index (χ4v) is 4.52. The Hall–Kier alpha value is -1.97. The summed E-state index contributed by atoms with van der Waals surface area (Å²) < 4.78 is 0. The Morgan fingerprint density at radius 3 is 0.915 bits per heavy atom. The minimum atomic E-state index is -0.954. The van der Waals surface area contributed by atoms with E-state index in [0.717, 1.165) is 32.6 Å². The van der Waals surface area contributed by atoms with E-state index in [1.807, 2.05) is 0 Å². The van der Waals surface area contributed by atoms with E-state index in [1.165, 1.54) is 135 Å². The summed E-state index contributed by atoms with van der Waals surface area (Å²) in [6, 6.07) is 0. The Bertz CT molecular complexity index is 645. The second kappa shape index (κ2) is 48.4. The highest BCUT2D eigenvalue weighted by Gasteiger charge is 1.98. The molecule has 0 aliphatic rings. The van der Waals surface area contributed by atoms with Crippen LogP contribution in [0.3, 0.4) is 0 Å². The molecule has 0 aromatic heterocycles. The Kier molecular flexibility index (Phi) is 53.4. The summed E-state index contributed by atoms with van der Waals surface area (Å²) in [7, 11) is 0. The summed E-state index contributed by atoms with van der Waals surface area (Å²) in [6.45, 7) is 4.87. The van der Waals surface area contributed by atoms with E-state index in [-0.39, 0.29) is 13.2 Å². The standard InChI is InChI=1S/C18H34O2.C15H30O2.C3H8O3.C2H4O2/c1-2-3-4-5-6-7-8-9-10-11-12-13-14-15-16-17-18(19)20;1-2-3-4-5-6-7-8-9-10-11-12-13-14-15(16)17;4-1-3(6)2-5;1-2(3)4/h9-10H,2-8,11-17H2,1H3,(H,19,20);2-14H2,1H3,(H,16,17);3-6H,1-2H2;1H3,(H,3,4). The van der Waals surface area contributed by atoms with Crippen LogP contribution in [0.4, 0.5) is 0 Å². The van der Waals surface area contributed by atoms with Gasteiger partial charge in [0.25, 0.3) is 5.97 Å². The lowest BCUT2D eigenvalue weighted by atomic mass is 10.0. The summed E-state index contributed by atoms with van der Waals surface area (Å²) in [5.41, 5.74) is 0. The van der Waals surface area contributed by atoms with E-state index in [1.54, 1.807) is 0 Å². The zero-order valence-corrected chi connectivity index (χ0v) is 30.6. The minimum absolute atomic E-state index is 0.332. The van der Waals surface area contributed by atoms with Gasteiger partial charge < -0.3 is 30.6 Å². The second-order valence-corrected chi connectivity index (χ2v) is 12.3. The number of hydrogen-bond donors (Lipinski definition) is 6. The van der Waals surface area contributed by atoms with E-state index in [0.29, 0.717) is 12.8 Å². The molecule has 0 aromatic carbocycles. The first kappa shape index (κ1) is 51.9. The van der Waals surface area contributed by atoms with Crippen LogP contribution in [0.2, 0.25) is 0 Å². The molecule has 0 heterocycles. The van der Waals surface area contributed by atoms with Crippen molar-refractivity contribution in [1.29, 1.82) is 0 Å². The van der Waals surface area contributed by atoms with Crippen LogP contribution in [0.1, 0.15) is 194 Å². The Balaban J connectivity index is -0.000000307. The molecule has 0 rings (SSSR count). The molecule has 47 heavy (non-hydrogen) atoms. The molecule has 0 radical (unpaired) electrons. The molecule has 0 aliphatic carbocycles. The highest BCUT2D eigenvalue weighted by Crippen LogP contribution is 2.13. The molecule has 0 spiro atoms. The van der Waals surface area contributed by atoms with Crippen molar-refractivity contribution in [3.63, 3.8) is 0 Å². The number of carbonyl (C=O) groups is 3. The SMILES string of the molecule is CC(=O)O.CCCCCCCCC=CCCCCCCCC(=O)O.CCCCCCCCCCCCCCC(=O)O.OCC(O)CO. The highest BCUT2D eigenvalue weighted by atomic mass is 16.4. The van der Waals surface area contributed by atoms with Crippen molar-refractivity contribution < 1.29 is 45.0 Å². The molecule has 6 N–H and O–H groups in total.